The Morgan fingerprint density at radius 3 is 1.86 bits per heavy atom. The van der Waals surface area contributed by atoms with Gasteiger partial charge in [-0.3, -0.25) is 0 Å². The Bertz CT molecular complexity index is 999. The van der Waals surface area contributed by atoms with Crippen molar-refractivity contribution >= 4 is 0 Å². The summed E-state index contributed by atoms with van der Waals surface area (Å²) in [5.74, 6) is 0.721. The summed E-state index contributed by atoms with van der Waals surface area (Å²) in [6, 6.07) is 29.6. The Morgan fingerprint density at radius 1 is 0.657 bits per heavy atom. The average Bonchev–Trinajstić information content (AvgIpc) is 2.91. The van der Waals surface area contributed by atoms with E-state index in [2.05, 4.69) is 42.5 Å². The number of rotatable bonds is 12. The van der Waals surface area contributed by atoms with E-state index in [1.54, 1.807) is 0 Å². The van der Waals surface area contributed by atoms with Crippen molar-refractivity contribution in [1.29, 1.82) is 0 Å². The van der Waals surface area contributed by atoms with Crippen LogP contribution in [-0.4, -0.2) is 0 Å². The lowest BCUT2D eigenvalue weighted by molar-refractivity contribution is 0.143. The molecule has 0 heterocycles. The summed E-state index contributed by atoms with van der Waals surface area (Å²) >= 11 is 0. The smallest absolute Gasteiger partial charge is 0.126 e. The van der Waals surface area contributed by atoms with Crippen molar-refractivity contribution in [2.75, 3.05) is 0 Å². The van der Waals surface area contributed by atoms with Gasteiger partial charge in [-0.15, -0.1) is 0 Å². The number of hydrogen-bond acceptors (Lipinski definition) is 0. The van der Waals surface area contributed by atoms with Crippen LogP contribution in [0.3, 0.4) is 0 Å². The van der Waals surface area contributed by atoms with E-state index in [1.165, 1.54) is 5.56 Å². The third kappa shape index (κ3) is 7.62. The van der Waals surface area contributed by atoms with E-state index in [4.69, 9.17) is 0 Å². The quantitative estimate of drug-likeness (QED) is 0.182. The van der Waals surface area contributed by atoms with Crippen LogP contribution in [-0.2, 0) is 6.42 Å². The number of alkyl halides is 2. The largest absolute Gasteiger partial charge is 0.242 e. The van der Waals surface area contributed by atoms with Crippen molar-refractivity contribution in [1.82, 2.24) is 0 Å². The third-order valence-electron chi connectivity index (χ3n) is 7.63. The van der Waals surface area contributed by atoms with E-state index in [1.807, 2.05) is 60.7 Å². The van der Waals surface area contributed by atoms with Gasteiger partial charge in [-0.25, -0.2) is 8.78 Å². The number of allylic oxidation sites excluding steroid dienone is 2. The number of aryl methyl sites for hydroxylation is 1. The molecule has 0 N–H and O–H groups in total. The van der Waals surface area contributed by atoms with Gasteiger partial charge in [-0.2, -0.15) is 0 Å². The molecule has 1 aliphatic rings. The van der Waals surface area contributed by atoms with Gasteiger partial charge in [-0.1, -0.05) is 116 Å². The van der Waals surface area contributed by atoms with Crippen molar-refractivity contribution in [2.24, 2.45) is 17.8 Å². The standard InChI is InChI=1S/C33H38F2/c34-32(27-17-8-3-9-18-27)24-29-21-13-22-30(25-33(35)28-19-10-4-11-20-28)31(29)23-12-2-7-16-26-14-5-1-6-15-26/h1,3-6,8-11,13-15,17-21,29-33H,2,7,12,16,22-25H2. The van der Waals surface area contributed by atoms with Crippen molar-refractivity contribution in [3.05, 3.63) is 120 Å². The summed E-state index contributed by atoms with van der Waals surface area (Å²) < 4.78 is 30.6. The number of benzene rings is 3. The van der Waals surface area contributed by atoms with Crippen LogP contribution in [0.15, 0.2) is 103 Å². The second kappa shape index (κ2) is 13.4. The molecule has 0 nitrogen and oxygen atoms in total. The number of hydrogen-bond donors (Lipinski definition) is 0. The van der Waals surface area contributed by atoms with Crippen LogP contribution in [0.2, 0.25) is 0 Å². The van der Waals surface area contributed by atoms with Crippen LogP contribution < -0.4 is 0 Å². The maximum Gasteiger partial charge on any atom is 0.126 e. The number of halogens is 2. The van der Waals surface area contributed by atoms with Gasteiger partial charge < -0.3 is 0 Å². The second-order valence-electron chi connectivity index (χ2n) is 10.1. The predicted molar refractivity (Wildman–Crippen MR) is 143 cm³/mol. The zero-order chi connectivity index (χ0) is 24.3. The Hall–Kier alpha value is -2.74. The Labute approximate surface area is 210 Å². The zero-order valence-corrected chi connectivity index (χ0v) is 20.6. The summed E-state index contributed by atoms with van der Waals surface area (Å²) in [6.07, 6.45) is 9.89. The molecule has 0 amide bonds. The van der Waals surface area contributed by atoms with Crippen LogP contribution >= 0.6 is 0 Å². The second-order valence-corrected chi connectivity index (χ2v) is 10.1. The Kier molecular flexibility index (Phi) is 9.69. The molecule has 3 aromatic carbocycles. The summed E-state index contributed by atoms with van der Waals surface area (Å²) in [5, 5.41) is 0. The molecule has 0 aliphatic heterocycles. The van der Waals surface area contributed by atoms with Gasteiger partial charge >= 0.3 is 0 Å². The number of unbranched alkanes of at least 4 members (excludes halogenated alkanes) is 2. The van der Waals surface area contributed by atoms with Crippen LogP contribution in [0, 0.1) is 17.8 Å². The fourth-order valence-electron chi connectivity index (χ4n) is 5.70. The third-order valence-corrected chi connectivity index (χ3v) is 7.63. The van der Waals surface area contributed by atoms with Crippen molar-refractivity contribution in [3.63, 3.8) is 0 Å². The minimum absolute atomic E-state index is 0.154. The maximum atomic E-state index is 15.3. The fraction of sp³-hybridized carbons (Fsp3) is 0.394. The highest BCUT2D eigenvalue weighted by atomic mass is 19.1. The van der Waals surface area contributed by atoms with Crippen molar-refractivity contribution in [2.45, 2.75) is 63.7 Å². The minimum Gasteiger partial charge on any atom is -0.242 e. The van der Waals surface area contributed by atoms with Gasteiger partial charge in [0.2, 0.25) is 0 Å². The van der Waals surface area contributed by atoms with Gasteiger partial charge in [0.1, 0.15) is 12.3 Å². The zero-order valence-electron chi connectivity index (χ0n) is 20.6. The molecule has 5 unspecified atom stereocenters. The molecule has 3 aromatic rings. The van der Waals surface area contributed by atoms with Gasteiger partial charge in [0.05, 0.1) is 0 Å². The molecule has 4 rings (SSSR count). The molecule has 0 bridgehead atoms. The molecule has 0 spiro atoms. The summed E-state index contributed by atoms with van der Waals surface area (Å²) in [6.45, 7) is 0. The van der Waals surface area contributed by atoms with Crippen molar-refractivity contribution < 1.29 is 8.78 Å². The van der Waals surface area contributed by atoms with Crippen LogP contribution in [0.25, 0.3) is 0 Å². The molecule has 0 fully saturated rings. The average molecular weight is 473 g/mol. The first kappa shape index (κ1) is 25.4. The monoisotopic (exact) mass is 472 g/mol. The van der Waals surface area contributed by atoms with Crippen molar-refractivity contribution in [3.8, 4) is 0 Å². The maximum absolute atomic E-state index is 15.3. The van der Waals surface area contributed by atoms with Gasteiger partial charge in [0, 0.05) is 0 Å². The molecule has 0 aromatic heterocycles. The van der Waals surface area contributed by atoms with E-state index in [0.29, 0.717) is 18.8 Å². The minimum atomic E-state index is -0.986. The highest BCUT2D eigenvalue weighted by molar-refractivity contribution is 5.19. The molecule has 0 saturated heterocycles. The summed E-state index contributed by atoms with van der Waals surface area (Å²) in [4.78, 5) is 0. The first-order valence-electron chi connectivity index (χ1n) is 13.3. The molecule has 0 radical (unpaired) electrons. The van der Waals surface area contributed by atoms with E-state index in [9.17, 15) is 0 Å². The predicted octanol–water partition coefficient (Wildman–Crippen LogP) is 9.80. The molecule has 184 valence electrons. The SMILES string of the molecule is FC(CC1C=CCC(CC(F)c2ccccc2)C1CCCCCc1ccccc1)c1ccccc1. The Morgan fingerprint density at radius 2 is 1.23 bits per heavy atom. The van der Waals surface area contributed by atoms with Gasteiger partial charge in [0.25, 0.3) is 0 Å². The molecule has 35 heavy (non-hydrogen) atoms. The topological polar surface area (TPSA) is 0 Å². The van der Waals surface area contributed by atoms with E-state index >= 15 is 8.78 Å². The first-order valence-corrected chi connectivity index (χ1v) is 13.3. The van der Waals surface area contributed by atoms with Crippen LogP contribution in [0.5, 0.6) is 0 Å². The molecular weight excluding hydrogens is 434 g/mol. The summed E-state index contributed by atoms with van der Waals surface area (Å²) in [7, 11) is 0. The lowest BCUT2D eigenvalue weighted by Crippen LogP contribution is -2.27. The molecule has 2 heteroatoms. The molecular formula is C33H38F2. The lowest BCUT2D eigenvalue weighted by Gasteiger charge is -2.37. The highest BCUT2D eigenvalue weighted by Gasteiger charge is 2.33. The first-order chi connectivity index (χ1) is 17.2. The molecule has 1 aliphatic carbocycles. The lowest BCUT2D eigenvalue weighted by atomic mass is 9.69. The van der Waals surface area contributed by atoms with Crippen LogP contribution in [0.1, 0.15) is 74.0 Å². The highest BCUT2D eigenvalue weighted by Crippen LogP contribution is 2.44. The van der Waals surface area contributed by atoms with Gasteiger partial charge in [0.15, 0.2) is 0 Å². The fourth-order valence-corrected chi connectivity index (χ4v) is 5.70. The summed E-state index contributed by atoms with van der Waals surface area (Å²) in [5.41, 5.74) is 2.89. The normalized spacial score (nSPS) is 21.5. The molecule has 0 saturated carbocycles. The van der Waals surface area contributed by atoms with Gasteiger partial charge in [-0.05, 0) is 73.0 Å². The van der Waals surface area contributed by atoms with Crippen LogP contribution in [0.4, 0.5) is 8.78 Å². The molecule has 5 atom stereocenters. The van der Waals surface area contributed by atoms with E-state index in [0.717, 1.165) is 49.7 Å². The Balaban J connectivity index is 1.39. The van der Waals surface area contributed by atoms with E-state index in [-0.39, 0.29) is 11.8 Å². The van der Waals surface area contributed by atoms with E-state index < -0.39 is 12.3 Å².